The number of aryl methyl sites for hydroxylation is 1. The van der Waals surface area contributed by atoms with Crippen molar-refractivity contribution in [2.75, 3.05) is 7.11 Å². The van der Waals surface area contributed by atoms with Crippen molar-refractivity contribution in [3.05, 3.63) is 58.4 Å². The first-order valence-corrected chi connectivity index (χ1v) is 9.45. The van der Waals surface area contributed by atoms with Crippen LogP contribution >= 0.6 is 23.2 Å². The second-order valence-corrected chi connectivity index (χ2v) is 7.29. The molecule has 0 unspecified atom stereocenters. The van der Waals surface area contributed by atoms with Crippen LogP contribution in [0.1, 0.15) is 30.9 Å². The van der Waals surface area contributed by atoms with Crippen molar-refractivity contribution in [1.29, 1.82) is 0 Å². The van der Waals surface area contributed by atoms with Gasteiger partial charge in [0.05, 0.1) is 18.2 Å². The second-order valence-electron chi connectivity index (χ2n) is 6.47. The predicted molar refractivity (Wildman–Crippen MR) is 112 cm³/mol. The molecule has 0 aliphatic carbocycles. The molecule has 1 aromatic heterocycles. The van der Waals surface area contributed by atoms with E-state index < -0.39 is 0 Å². The Morgan fingerprint density at radius 2 is 1.96 bits per heavy atom. The monoisotopic (exact) mass is 418 g/mol. The highest BCUT2D eigenvalue weighted by Crippen LogP contribution is 2.38. The molecule has 28 heavy (non-hydrogen) atoms. The van der Waals surface area contributed by atoms with E-state index in [-0.39, 0.29) is 12.0 Å². The van der Waals surface area contributed by atoms with Gasteiger partial charge in [-0.2, -0.15) is 0 Å². The zero-order valence-corrected chi connectivity index (χ0v) is 17.5. The summed E-state index contributed by atoms with van der Waals surface area (Å²) < 4.78 is 16.8. The highest BCUT2D eigenvalue weighted by Gasteiger charge is 2.15. The summed E-state index contributed by atoms with van der Waals surface area (Å²) in [4.78, 5) is 0. The van der Waals surface area contributed by atoms with Gasteiger partial charge in [-0.1, -0.05) is 40.9 Å². The molecule has 0 aliphatic heterocycles. The minimum Gasteiger partial charge on any atom is -0.493 e. The van der Waals surface area contributed by atoms with Gasteiger partial charge in [-0.05, 0) is 56.7 Å². The molecule has 1 heterocycles. The Kier molecular flexibility index (Phi) is 6.27. The highest BCUT2D eigenvalue weighted by atomic mass is 35.5. The van der Waals surface area contributed by atoms with E-state index >= 15 is 0 Å². The highest BCUT2D eigenvalue weighted by molar-refractivity contribution is 6.50. The molecule has 0 radical (unpaired) electrons. The summed E-state index contributed by atoms with van der Waals surface area (Å²) in [5.41, 5.74) is 2.66. The van der Waals surface area contributed by atoms with E-state index in [2.05, 4.69) is 10.2 Å². The van der Waals surface area contributed by atoms with Crippen LogP contribution in [0.25, 0.3) is 22.6 Å². The fourth-order valence-electron chi connectivity index (χ4n) is 2.60. The Bertz CT molecular complexity index is 1010. The molecule has 3 rings (SSSR count). The summed E-state index contributed by atoms with van der Waals surface area (Å²) in [6, 6.07) is 11.3. The largest absolute Gasteiger partial charge is 0.493 e. The molecule has 0 amide bonds. The Morgan fingerprint density at radius 1 is 1.18 bits per heavy atom. The maximum absolute atomic E-state index is 6.39. The van der Waals surface area contributed by atoms with Gasteiger partial charge < -0.3 is 13.9 Å². The smallest absolute Gasteiger partial charge is 0.259 e. The lowest BCUT2D eigenvalue weighted by Crippen LogP contribution is -2.07. The summed E-state index contributed by atoms with van der Waals surface area (Å²) in [7, 11) is 1.56. The molecule has 0 atom stereocenters. The maximum atomic E-state index is 6.39. The van der Waals surface area contributed by atoms with Gasteiger partial charge in [0.2, 0.25) is 5.89 Å². The first kappa shape index (κ1) is 20.2. The van der Waals surface area contributed by atoms with Crippen molar-refractivity contribution in [2.45, 2.75) is 26.9 Å². The zero-order chi connectivity index (χ0) is 20.3. The number of hydrogen-bond donors (Lipinski definition) is 0. The molecule has 0 spiro atoms. The number of methoxy groups -OCH3 is 1. The lowest BCUT2D eigenvalue weighted by molar-refractivity contribution is 0.230. The first-order valence-electron chi connectivity index (χ1n) is 8.69. The van der Waals surface area contributed by atoms with Gasteiger partial charge in [-0.15, -0.1) is 10.2 Å². The van der Waals surface area contributed by atoms with Crippen molar-refractivity contribution in [3.8, 4) is 23.0 Å². The lowest BCUT2D eigenvalue weighted by Gasteiger charge is -2.15. The van der Waals surface area contributed by atoms with Crippen LogP contribution in [0.4, 0.5) is 0 Å². The summed E-state index contributed by atoms with van der Waals surface area (Å²) in [5, 5.41) is 8.83. The molecule has 0 aliphatic rings. The van der Waals surface area contributed by atoms with E-state index in [1.165, 1.54) is 0 Å². The molecule has 146 valence electrons. The number of benzene rings is 2. The minimum absolute atomic E-state index is 0.0326. The fourth-order valence-corrected chi connectivity index (χ4v) is 3.06. The van der Waals surface area contributed by atoms with Gasteiger partial charge >= 0.3 is 0 Å². The Morgan fingerprint density at radius 3 is 2.64 bits per heavy atom. The van der Waals surface area contributed by atoms with Crippen LogP contribution in [0.2, 0.25) is 5.02 Å². The average Bonchev–Trinajstić information content (AvgIpc) is 3.14. The topological polar surface area (TPSA) is 57.4 Å². The Balaban J connectivity index is 1.91. The van der Waals surface area contributed by atoms with Crippen LogP contribution in [0.15, 0.2) is 40.8 Å². The third-order valence-electron chi connectivity index (χ3n) is 3.79. The molecule has 0 saturated heterocycles. The molecular weight excluding hydrogens is 399 g/mol. The standard InChI is InChI=1S/C21H20Cl2N2O3/c1-12(2)27-19-16(22)9-14(11-18(19)26-4)10-17(23)21-25-24-20(28-21)15-7-5-6-13(3)8-15/h5-12H,1-4H3/b17-10-. The molecule has 0 saturated carbocycles. The second kappa shape index (κ2) is 8.67. The maximum Gasteiger partial charge on any atom is 0.259 e. The summed E-state index contributed by atoms with van der Waals surface area (Å²) in [5.74, 6) is 1.63. The van der Waals surface area contributed by atoms with Crippen LogP contribution in [0, 0.1) is 6.92 Å². The van der Waals surface area contributed by atoms with Crippen molar-refractivity contribution in [2.24, 2.45) is 0 Å². The van der Waals surface area contributed by atoms with E-state index in [4.69, 9.17) is 37.1 Å². The van der Waals surface area contributed by atoms with Crippen molar-refractivity contribution in [1.82, 2.24) is 10.2 Å². The van der Waals surface area contributed by atoms with E-state index in [0.29, 0.717) is 27.4 Å². The molecule has 3 aromatic rings. The Hall–Kier alpha value is -2.50. The zero-order valence-electron chi connectivity index (χ0n) is 16.0. The molecule has 5 nitrogen and oxygen atoms in total. The number of aromatic nitrogens is 2. The molecule has 0 fully saturated rings. The van der Waals surface area contributed by atoms with Crippen molar-refractivity contribution >= 4 is 34.3 Å². The number of nitrogens with zero attached hydrogens (tertiary/aromatic N) is 2. The normalized spacial score (nSPS) is 11.8. The van der Waals surface area contributed by atoms with Crippen LogP contribution < -0.4 is 9.47 Å². The number of ether oxygens (including phenoxy) is 2. The minimum atomic E-state index is -0.0326. The van der Waals surface area contributed by atoms with Crippen LogP contribution in [0.3, 0.4) is 0 Å². The van der Waals surface area contributed by atoms with E-state index in [1.807, 2.05) is 45.0 Å². The van der Waals surface area contributed by atoms with E-state index in [9.17, 15) is 0 Å². The number of halogens is 2. The third kappa shape index (κ3) is 4.66. The molecular formula is C21H20Cl2N2O3. The third-order valence-corrected chi connectivity index (χ3v) is 4.34. The molecule has 0 bridgehead atoms. The van der Waals surface area contributed by atoms with Gasteiger partial charge in [-0.25, -0.2) is 0 Å². The van der Waals surface area contributed by atoms with E-state index in [1.54, 1.807) is 25.3 Å². The Labute approximate surface area is 173 Å². The van der Waals surface area contributed by atoms with Crippen LogP contribution in [0.5, 0.6) is 11.5 Å². The summed E-state index contributed by atoms with van der Waals surface area (Å²) >= 11 is 12.8. The summed E-state index contributed by atoms with van der Waals surface area (Å²) in [6.45, 7) is 5.83. The SMILES string of the molecule is COc1cc(/C=C(\Cl)c2nnc(-c3cccc(C)c3)o2)cc(Cl)c1OC(C)C. The van der Waals surface area contributed by atoms with Gasteiger partial charge in [0, 0.05) is 5.56 Å². The van der Waals surface area contributed by atoms with Gasteiger partial charge in [0.25, 0.3) is 5.89 Å². The van der Waals surface area contributed by atoms with Gasteiger partial charge in [0.15, 0.2) is 11.5 Å². The first-order chi connectivity index (χ1) is 13.4. The van der Waals surface area contributed by atoms with Crippen molar-refractivity contribution < 1.29 is 13.9 Å². The number of rotatable bonds is 6. The van der Waals surface area contributed by atoms with Crippen molar-refractivity contribution in [3.63, 3.8) is 0 Å². The van der Waals surface area contributed by atoms with Crippen LogP contribution in [-0.4, -0.2) is 23.4 Å². The average molecular weight is 419 g/mol. The van der Waals surface area contributed by atoms with Crippen LogP contribution in [-0.2, 0) is 0 Å². The summed E-state index contributed by atoms with van der Waals surface area (Å²) in [6.07, 6.45) is 1.65. The predicted octanol–water partition coefficient (Wildman–Crippen LogP) is 6.23. The van der Waals surface area contributed by atoms with Gasteiger partial charge in [0.1, 0.15) is 5.03 Å². The molecule has 2 aromatic carbocycles. The van der Waals surface area contributed by atoms with E-state index in [0.717, 1.165) is 16.7 Å². The molecule has 7 heteroatoms. The van der Waals surface area contributed by atoms with Gasteiger partial charge in [-0.3, -0.25) is 0 Å². The lowest BCUT2D eigenvalue weighted by atomic mass is 10.1. The number of hydrogen-bond acceptors (Lipinski definition) is 5. The fraction of sp³-hybridized carbons (Fsp3) is 0.238. The quantitative estimate of drug-likeness (QED) is 0.474. The molecule has 0 N–H and O–H groups in total.